The number of nitroso groups, excluding NO2 is 1. The van der Waals surface area contributed by atoms with Crippen molar-refractivity contribution in [2.24, 2.45) is 5.18 Å². The molecule has 0 fully saturated rings. The zero-order valence-electron chi connectivity index (χ0n) is 5.42. The molecule has 4 nitrogen and oxygen atoms in total. The lowest BCUT2D eigenvalue weighted by Crippen LogP contribution is -2.20. The molecule has 52 valence electrons. The molecule has 1 N–H and O–H groups in total. The van der Waals surface area contributed by atoms with Crippen molar-refractivity contribution < 1.29 is 9.90 Å². The highest BCUT2D eigenvalue weighted by molar-refractivity contribution is 5.68. The third-order valence-electron chi connectivity index (χ3n) is 0.831. The molecule has 0 rings (SSSR count). The van der Waals surface area contributed by atoms with Crippen molar-refractivity contribution in [3.63, 3.8) is 0 Å². The van der Waals surface area contributed by atoms with Gasteiger partial charge >= 0.3 is 5.97 Å². The van der Waals surface area contributed by atoms with Crippen LogP contribution in [0.2, 0.25) is 0 Å². The first-order chi connectivity index (χ1) is 3.98. The highest BCUT2D eigenvalue weighted by Crippen LogP contribution is 2.12. The van der Waals surface area contributed by atoms with Gasteiger partial charge in [0.1, 0.15) is 5.54 Å². The molecule has 0 aliphatic carbocycles. The van der Waals surface area contributed by atoms with Crippen molar-refractivity contribution in [1.29, 1.82) is 0 Å². The van der Waals surface area contributed by atoms with Crippen molar-refractivity contribution in [3.8, 4) is 0 Å². The summed E-state index contributed by atoms with van der Waals surface area (Å²) in [5, 5.41) is 10.8. The Morgan fingerprint density at radius 3 is 2.22 bits per heavy atom. The molecular formula is C5H9NO3. The molecule has 0 saturated heterocycles. The predicted octanol–water partition coefficient (Wildman–Crippen LogP) is 1.01. The Morgan fingerprint density at radius 2 is 2.11 bits per heavy atom. The van der Waals surface area contributed by atoms with Crippen LogP contribution in [0.3, 0.4) is 0 Å². The normalized spacial score (nSPS) is 10.9. The molecule has 0 unspecified atom stereocenters. The maximum atomic E-state index is 9.97. The molecular weight excluding hydrogens is 122 g/mol. The van der Waals surface area contributed by atoms with Gasteiger partial charge in [-0.3, -0.25) is 4.79 Å². The molecule has 0 radical (unpaired) electrons. The van der Waals surface area contributed by atoms with E-state index in [1.54, 1.807) is 0 Å². The van der Waals surface area contributed by atoms with Crippen LogP contribution in [0.25, 0.3) is 0 Å². The Balaban J connectivity index is 3.86. The molecule has 0 saturated carbocycles. The Bertz CT molecular complexity index is 130. The number of carbonyl (C=O) groups is 1. The van der Waals surface area contributed by atoms with E-state index in [0.29, 0.717) is 0 Å². The average molecular weight is 131 g/mol. The summed E-state index contributed by atoms with van der Waals surface area (Å²) in [4.78, 5) is 19.8. The number of carboxylic acid groups (broad SMARTS) is 1. The van der Waals surface area contributed by atoms with Crippen LogP contribution in [-0.2, 0) is 4.79 Å². The molecule has 0 aromatic carbocycles. The first-order valence-corrected chi connectivity index (χ1v) is 2.54. The van der Waals surface area contributed by atoms with Crippen molar-refractivity contribution in [1.82, 2.24) is 0 Å². The molecule has 0 aromatic rings. The summed E-state index contributed by atoms with van der Waals surface area (Å²) < 4.78 is 0. The van der Waals surface area contributed by atoms with Crippen LogP contribution < -0.4 is 0 Å². The van der Waals surface area contributed by atoms with Gasteiger partial charge in [0.15, 0.2) is 0 Å². The van der Waals surface area contributed by atoms with Crippen LogP contribution in [-0.4, -0.2) is 16.6 Å². The quantitative estimate of drug-likeness (QED) is 0.581. The zero-order valence-corrected chi connectivity index (χ0v) is 5.42. The fourth-order valence-corrected chi connectivity index (χ4v) is 0.402. The van der Waals surface area contributed by atoms with Gasteiger partial charge in [-0.25, -0.2) is 0 Å². The maximum absolute atomic E-state index is 9.97. The van der Waals surface area contributed by atoms with Gasteiger partial charge < -0.3 is 5.11 Å². The van der Waals surface area contributed by atoms with Gasteiger partial charge in [-0.05, 0) is 13.8 Å². The number of hydrogen-bond donors (Lipinski definition) is 1. The van der Waals surface area contributed by atoms with E-state index in [4.69, 9.17) is 5.11 Å². The second-order valence-corrected chi connectivity index (χ2v) is 2.47. The SMILES string of the molecule is CC(C)(CC(=O)O)N=O. The molecule has 0 amide bonds. The summed E-state index contributed by atoms with van der Waals surface area (Å²) in [6.45, 7) is 2.96. The van der Waals surface area contributed by atoms with Gasteiger partial charge in [0.25, 0.3) is 0 Å². The van der Waals surface area contributed by atoms with Crippen LogP contribution in [0.5, 0.6) is 0 Å². The van der Waals surface area contributed by atoms with E-state index in [-0.39, 0.29) is 6.42 Å². The Morgan fingerprint density at radius 1 is 1.67 bits per heavy atom. The molecule has 0 aliphatic rings. The highest BCUT2D eigenvalue weighted by Gasteiger charge is 2.21. The van der Waals surface area contributed by atoms with E-state index in [0.717, 1.165) is 0 Å². The van der Waals surface area contributed by atoms with Crippen LogP contribution in [0.15, 0.2) is 5.18 Å². The molecule has 0 atom stereocenters. The highest BCUT2D eigenvalue weighted by atomic mass is 16.4. The van der Waals surface area contributed by atoms with Crippen molar-refractivity contribution in [3.05, 3.63) is 4.91 Å². The first kappa shape index (κ1) is 8.07. The molecule has 0 bridgehead atoms. The maximum Gasteiger partial charge on any atom is 0.305 e. The van der Waals surface area contributed by atoms with Gasteiger partial charge in [0.05, 0.1) is 6.42 Å². The Hall–Kier alpha value is -0.930. The summed E-state index contributed by atoms with van der Waals surface area (Å²) >= 11 is 0. The summed E-state index contributed by atoms with van der Waals surface area (Å²) in [6.07, 6.45) is -0.212. The predicted molar refractivity (Wildman–Crippen MR) is 32.1 cm³/mol. The van der Waals surface area contributed by atoms with Gasteiger partial charge in [-0.15, -0.1) is 0 Å². The van der Waals surface area contributed by atoms with Gasteiger partial charge in [0, 0.05) is 0 Å². The van der Waals surface area contributed by atoms with Crippen LogP contribution in [0.1, 0.15) is 20.3 Å². The van der Waals surface area contributed by atoms with E-state index >= 15 is 0 Å². The Labute approximate surface area is 52.8 Å². The van der Waals surface area contributed by atoms with Crippen molar-refractivity contribution in [2.45, 2.75) is 25.8 Å². The van der Waals surface area contributed by atoms with Gasteiger partial charge in [-0.1, -0.05) is 5.18 Å². The van der Waals surface area contributed by atoms with E-state index in [1.165, 1.54) is 13.8 Å². The van der Waals surface area contributed by atoms with Crippen LogP contribution in [0, 0.1) is 4.91 Å². The van der Waals surface area contributed by atoms with Crippen molar-refractivity contribution >= 4 is 5.97 Å². The molecule has 9 heavy (non-hydrogen) atoms. The second-order valence-electron chi connectivity index (χ2n) is 2.47. The van der Waals surface area contributed by atoms with Gasteiger partial charge in [-0.2, -0.15) is 4.91 Å². The fraction of sp³-hybridized carbons (Fsp3) is 0.800. The number of hydrogen-bond acceptors (Lipinski definition) is 3. The standard InChI is InChI=1S/C5H9NO3/c1-5(2,6-9)3-4(7)8/h3H2,1-2H3,(H,7,8). The van der Waals surface area contributed by atoms with Crippen molar-refractivity contribution in [2.75, 3.05) is 0 Å². The number of nitrogens with zero attached hydrogens (tertiary/aromatic N) is 1. The summed E-state index contributed by atoms with van der Waals surface area (Å²) in [7, 11) is 0. The minimum atomic E-state index is -1.00. The molecule has 4 heteroatoms. The number of aliphatic carboxylic acids is 1. The molecule has 0 aliphatic heterocycles. The molecule has 0 spiro atoms. The zero-order chi connectivity index (χ0) is 7.49. The monoisotopic (exact) mass is 131 g/mol. The van der Waals surface area contributed by atoms with E-state index in [2.05, 4.69) is 5.18 Å². The second kappa shape index (κ2) is 2.57. The number of rotatable bonds is 3. The fourth-order valence-electron chi connectivity index (χ4n) is 0.402. The van der Waals surface area contributed by atoms with Crippen LogP contribution >= 0.6 is 0 Å². The largest absolute Gasteiger partial charge is 0.481 e. The lowest BCUT2D eigenvalue weighted by atomic mass is 10.0. The third kappa shape index (κ3) is 3.64. The first-order valence-electron chi connectivity index (χ1n) is 2.54. The molecule has 0 heterocycles. The number of carboxylic acids is 1. The van der Waals surface area contributed by atoms with Crippen LogP contribution in [0.4, 0.5) is 0 Å². The smallest absolute Gasteiger partial charge is 0.305 e. The van der Waals surface area contributed by atoms with Gasteiger partial charge in [0.2, 0.25) is 0 Å². The minimum absolute atomic E-state index is 0.212. The lowest BCUT2D eigenvalue weighted by Gasteiger charge is -2.09. The average Bonchev–Trinajstić information content (AvgIpc) is 1.63. The summed E-state index contributed by atoms with van der Waals surface area (Å²) in [5.41, 5.74) is -0.966. The lowest BCUT2D eigenvalue weighted by molar-refractivity contribution is -0.138. The minimum Gasteiger partial charge on any atom is -0.481 e. The summed E-state index contributed by atoms with van der Waals surface area (Å²) in [6, 6.07) is 0. The van der Waals surface area contributed by atoms with E-state index < -0.39 is 11.5 Å². The topological polar surface area (TPSA) is 66.7 Å². The Kier molecular flexibility index (Phi) is 2.30. The third-order valence-corrected chi connectivity index (χ3v) is 0.831. The van der Waals surface area contributed by atoms with E-state index in [1.807, 2.05) is 0 Å². The summed E-state index contributed by atoms with van der Waals surface area (Å²) in [5.74, 6) is -1.00. The molecule has 0 aromatic heterocycles. The van der Waals surface area contributed by atoms with E-state index in [9.17, 15) is 9.70 Å².